The van der Waals surface area contributed by atoms with Crippen molar-refractivity contribution in [2.24, 2.45) is 5.16 Å². The molecule has 0 amide bonds. The van der Waals surface area contributed by atoms with Crippen molar-refractivity contribution >= 4 is 21.7 Å². The normalized spacial score (nSPS) is 11.9. The molecule has 5 heteroatoms. The number of phenols is 1. The van der Waals surface area contributed by atoms with Crippen molar-refractivity contribution in [1.82, 2.24) is 4.98 Å². The summed E-state index contributed by atoms with van der Waals surface area (Å²) in [6.45, 7) is 0. The second-order valence-electron chi connectivity index (χ2n) is 6.77. The van der Waals surface area contributed by atoms with E-state index >= 15 is 0 Å². The first-order valence-corrected chi connectivity index (χ1v) is 9.12. The van der Waals surface area contributed by atoms with E-state index in [1.807, 2.05) is 54.6 Å². The second kappa shape index (κ2) is 6.80. The van der Waals surface area contributed by atoms with E-state index in [-0.39, 0.29) is 5.75 Å². The molecule has 29 heavy (non-hydrogen) atoms. The third-order valence-corrected chi connectivity index (χ3v) is 4.92. The van der Waals surface area contributed by atoms with Gasteiger partial charge in [0.2, 0.25) is 0 Å². The van der Waals surface area contributed by atoms with Gasteiger partial charge in [0.15, 0.2) is 5.76 Å². The predicted molar refractivity (Wildman–Crippen MR) is 111 cm³/mol. The lowest BCUT2D eigenvalue weighted by atomic mass is 10.0. The fourth-order valence-corrected chi connectivity index (χ4v) is 3.46. The fraction of sp³-hybridized carbons (Fsp3) is 0. The smallest absolute Gasteiger partial charge is 0.155 e. The summed E-state index contributed by atoms with van der Waals surface area (Å²) < 4.78 is 6.14. The Kier molecular flexibility index (Phi) is 3.99. The van der Waals surface area contributed by atoms with E-state index in [9.17, 15) is 10.3 Å². The molecule has 0 radical (unpaired) electrons. The molecule has 0 fully saturated rings. The summed E-state index contributed by atoms with van der Waals surface area (Å²) in [5.41, 5.74) is 2.95. The third kappa shape index (κ3) is 3.08. The van der Waals surface area contributed by atoms with Crippen molar-refractivity contribution in [3.05, 3.63) is 90.4 Å². The van der Waals surface area contributed by atoms with Crippen LogP contribution in [0.2, 0.25) is 0 Å². The van der Waals surface area contributed by atoms with Crippen molar-refractivity contribution in [1.29, 1.82) is 0 Å². The number of fused-ring (bicyclic) bond motifs is 2. The molecule has 5 rings (SSSR count). The van der Waals surface area contributed by atoms with Gasteiger partial charge >= 0.3 is 0 Å². The molecule has 0 bridgehead atoms. The molecule has 2 heterocycles. The summed E-state index contributed by atoms with van der Waals surface area (Å²) in [7, 11) is 0. The maximum absolute atomic E-state index is 9.77. The molecule has 0 aliphatic heterocycles. The highest BCUT2D eigenvalue weighted by molar-refractivity contribution is 5.86. The van der Waals surface area contributed by atoms with E-state index in [2.05, 4.69) is 10.1 Å². The van der Waals surface area contributed by atoms with Gasteiger partial charge in [0, 0.05) is 23.0 Å². The molecule has 0 saturated heterocycles. The fourth-order valence-electron chi connectivity index (χ4n) is 3.46. The molecule has 0 saturated carbocycles. The molecular weight excluding hydrogens is 364 g/mol. The van der Waals surface area contributed by atoms with Crippen molar-refractivity contribution in [3.63, 3.8) is 0 Å². The van der Waals surface area contributed by atoms with E-state index in [4.69, 9.17) is 4.42 Å². The number of aromatic nitrogens is 1. The van der Waals surface area contributed by atoms with Crippen LogP contribution in [0.3, 0.4) is 0 Å². The van der Waals surface area contributed by atoms with Crippen LogP contribution in [0.1, 0.15) is 0 Å². The van der Waals surface area contributed by atoms with Gasteiger partial charge in [-0.2, -0.15) is 0 Å². The number of rotatable bonds is 2. The zero-order chi connectivity index (χ0) is 19.8. The third-order valence-electron chi connectivity index (χ3n) is 4.92. The van der Waals surface area contributed by atoms with E-state index in [0.29, 0.717) is 27.8 Å². The second-order valence-corrected chi connectivity index (χ2v) is 6.77. The van der Waals surface area contributed by atoms with Crippen LogP contribution < -0.4 is 5.36 Å². The van der Waals surface area contributed by atoms with Crippen LogP contribution in [-0.4, -0.2) is 15.3 Å². The maximum atomic E-state index is 9.77. The number of benzene rings is 3. The van der Waals surface area contributed by atoms with Gasteiger partial charge in [0.25, 0.3) is 0 Å². The highest BCUT2D eigenvalue weighted by Gasteiger charge is 2.10. The molecule has 2 N–H and O–H groups in total. The molecule has 0 spiro atoms. The lowest BCUT2D eigenvalue weighted by molar-refractivity contribution is 0.302. The van der Waals surface area contributed by atoms with E-state index in [1.165, 1.54) is 0 Å². The first kappa shape index (κ1) is 17.0. The van der Waals surface area contributed by atoms with Gasteiger partial charge in [-0.1, -0.05) is 47.6 Å². The Morgan fingerprint density at radius 2 is 1.62 bits per heavy atom. The van der Waals surface area contributed by atoms with Crippen molar-refractivity contribution in [3.8, 4) is 28.3 Å². The molecule has 0 aliphatic carbocycles. The molecular formula is C24H16N2O3. The highest BCUT2D eigenvalue weighted by Crippen LogP contribution is 2.28. The van der Waals surface area contributed by atoms with Crippen LogP contribution in [0.25, 0.3) is 44.3 Å². The minimum Gasteiger partial charge on any atom is -0.508 e. The summed E-state index contributed by atoms with van der Waals surface area (Å²) >= 11 is 0. The SMILES string of the molecule is O/N=c1\cc(-c2cc3ccccc3cn2)oc2cc(-c3cccc(O)c3)ccc12. The lowest BCUT2D eigenvalue weighted by Crippen LogP contribution is -2.03. The summed E-state index contributed by atoms with van der Waals surface area (Å²) in [6, 6.07) is 24.2. The van der Waals surface area contributed by atoms with Gasteiger partial charge in [0.1, 0.15) is 22.4 Å². The van der Waals surface area contributed by atoms with Crippen molar-refractivity contribution in [2.45, 2.75) is 0 Å². The van der Waals surface area contributed by atoms with Gasteiger partial charge in [-0.3, -0.25) is 4.98 Å². The number of aromatic hydroxyl groups is 1. The largest absolute Gasteiger partial charge is 0.508 e. The standard InChI is InChI=1S/C24H16N2O3/c27-19-7-3-6-15(10-19)17-8-9-20-21(26-28)13-24(29-23(20)12-17)22-11-16-4-1-2-5-18(16)14-25-22/h1-14,27-28H/b26-21+. The number of nitrogens with zero attached hydrogens (tertiary/aromatic N) is 2. The average molecular weight is 380 g/mol. The van der Waals surface area contributed by atoms with Crippen molar-refractivity contribution in [2.75, 3.05) is 0 Å². The number of phenolic OH excluding ortho intramolecular Hbond substituents is 1. The first-order chi connectivity index (χ1) is 14.2. The Balaban J connectivity index is 1.71. The minimum absolute atomic E-state index is 0.194. The minimum atomic E-state index is 0.194. The van der Waals surface area contributed by atoms with Crippen LogP contribution in [0.15, 0.2) is 94.6 Å². The van der Waals surface area contributed by atoms with Crippen molar-refractivity contribution < 1.29 is 14.7 Å². The van der Waals surface area contributed by atoms with E-state index in [1.54, 1.807) is 30.5 Å². The summed E-state index contributed by atoms with van der Waals surface area (Å²) in [5, 5.41) is 25.9. The Morgan fingerprint density at radius 1 is 0.793 bits per heavy atom. The van der Waals surface area contributed by atoms with Crippen LogP contribution in [0.5, 0.6) is 5.75 Å². The van der Waals surface area contributed by atoms with Gasteiger partial charge in [-0.25, -0.2) is 0 Å². The molecule has 0 atom stereocenters. The molecule has 3 aromatic carbocycles. The van der Waals surface area contributed by atoms with Crippen LogP contribution >= 0.6 is 0 Å². The molecule has 5 nitrogen and oxygen atoms in total. The molecule has 0 aliphatic rings. The highest BCUT2D eigenvalue weighted by atomic mass is 16.4. The zero-order valence-electron chi connectivity index (χ0n) is 15.3. The van der Waals surface area contributed by atoms with Gasteiger partial charge in [-0.05, 0) is 46.8 Å². The van der Waals surface area contributed by atoms with Crippen LogP contribution in [0.4, 0.5) is 0 Å². The summed E-state index contributed by atoms with van der Waals surface area (Å²) in [5.74, 6) is 0.698. The Bertz CT molecular complexity index is 1440. The number of hydrogen-bond donors (Lipinski definition) is 2. The lowest BCUT2D eigenvalue weighted by Gasteiger charge is -2.07. The summed E-state index contributed by atoms with van der Waals surface area (Å²) in [6.07, 6.45) is 1.79. The Hall–Kier alpha value is -4.12. The maximum Gasteiger partial charge on any atom is 0.155 e. The Morgan fingerprint density at radius 3 is 2.45 bits per heavy atom. The zero-order valence-corrected chi connectivity index (χ0v) is 15.3. The molecule has 140 valence electrons. The van der Waals surface area contributed by atoms with Crippen LogP contribution in [0, 0.1) is 0 Å². The van der Waals surface area contributed by atoms with Gasteiger partial charge in [-0.15, -0.1) is 0 Å². The van der Waals surface area contributed by atoms with E-state index < -0.39 is 0 Å². The number of pyridine rings is 1. The quantitative estimate of drug-likeness (QED) is 0.321. The monoisotopic (exact) mass is 380 g/mol. The topological polar surface area (TPSA) is 78.9 Å². The Labute approximate surface area is 165 Å². The number of hydrogen-bond acceptors (Lipinski definition) is 5. The van der Waals surface area contributed by atoms with Gasteiger partial charge in [0.05, 0.1) is 0 Å². The average Bonchev–Trinajstić information content (AvgIpc) is 2.77. The first-order valence-electron chi connectivity index (χ1n) is 9.12. The molecule has 5 aromatic rings. The predicted octanol–water partition coefficient (Wildman–Crippen LogP) is 5.31. The van der Waals surface area contributed by atoms with Crippen LogP contribution in [-0.2, 0) is 0 Å². The van der Waals surface area contributed by atoms with Gasteiger partial charge < -0.3 is 14.7 Å². The summed E-state index contributed by atoms with van der Waals surface area (Å²) in [4.78, 5) is 4.50. The van der Waals surface area contributed by atoms with E-state index in [0.717, 1.165) is 21.9 Å². The molecule has 0 unspecified atom stereocenters. The molecule has 2 aromatic heterocycles.